The number of fused-ring (bicyclic) bond motifs is 1. The number of nitrogens with one attached hydrogen (secondary N) is 7. The number of H-pyrrole nitrogens is 1. The van der Waals surface area contributed by atoms with Crippen LogP contribution >= 0.6 is 0 Å². The lowest BCUT2D eigenvalue weighted by Crippen LogP contribution is -2.63. The normalized spacial score (nSPS) is 24.0. The van der Waals surface area contributed by atoms with Crippen LogP contribution in [0.1, 0.15) is 172 Å². The lowest BCUT2D eigenvalue weighted by Gasteiger charge is -2.41. The van der Waals surface area contributed by atoms with Gasteiger partial charge in [-0.15, -0.1) is 0 Å². The molecule has 612 valence electrons. The third-order valence-corrected chi connectivity index (χ3v) is 19.8. The van der Waals surface area contributed by atoms with Crippen molar-refractivity contribution in [1.29, 1.82) is 0 Å². The molecule has 0 saturated carbocycles. The molecule has 3 rings (SSSR count). The monoisotopic (exact) mass is 1540 g/mol. The van der Waals surface area contributed by atoms with Gasteiger partial charge in [0.15, 0.2) is 0 Å². The van der Waals surface area contributed by atoms with Gasteiger partial charge in [0.1, 0.15) is 78.3 Å². The van der Waals surface area contributed by atoms with Crippen LogP contribution < -0.4 is 37.6 Å². The summed E-state index contributed by atoms with van der Waals surface area (Å²) in [6.07, 6.45) is -2.61. The van der Waals surface area contributed by atoms with Gasteiger partial charge in [-0.3, -0.25) is 71.9 Å². The molecule has 0 bridgehead atoms. The van der Waals surface area contributed by atoms with E-state index in [1.54, 1.807) is 41.5 Å². The molecule has 2 heterocycles. The zero-order valence-corrected chi connectivity index (χ0v) is 68.0. The summed E-state index contributed by atoms with van der Waals surface area (Å²) >= 11 is 0. The number of nitrogens with zero attached hydrogens (tertiary/aromatic N) is 8. The second kappa shape index (κ2) is 42.0. The fraction of sp³-hybridized carbons (Fsp3) is 0.707. The van der Waals surface area contributed by atoms with Gasteiger partial charge in [0, 0.05) is 67.7 Å². The number of carbonyl (C=O) groups excluding carboxylic acids is 14. The van der Waals surface area contributed by atoms with E-state index in [9.17, 15) is 63.0 Å². The number of carboxylic acids is 1. The predicted molar refractivity (Wildman–Crippen MR) is 405 cm³/mol. The van der Waals surface area contributed by atoms with Gasteiger partial charge < -0.3 is 92.2 Å². The van der Waals surface area contributed by atoms with Crippen LogP contribution in [0.2, 0.25) is 0 Å². The van der Waals surface area contributed by atoms with Crippen molar-refractivity contribution in [3.63, 3.8) is 0 Å². The number of aliphatic carboxylic acids is 1. The SMILES string of the molecule is CCC1NC(=O)C(C(O)C(C)Cc2nc3ccc(C(=O)NC(CO)C(=O)NC(CCC(=O)O)C(N)=O)cc3[nH]2)N(C)C(=O)C(C(C)C)N(C)C(=O)C(CC(C)C)N(C)C(=O)C(CC(C)C)N(C)C(=O)C(C)NC(=O)C(C)NC(=O)C(CC(C)C)N(C)C(=O)C(C(C)C)NC(=O)C(CC(C)C)N(C)C(=O)CN(C)C1=O. The van der Waals surface area contributed by atoms with Crippen LogP contribution in [0.4, 0.5) is 0 Å². The number of aliphatic hydroxyl groups is 2. The van der Waals surface area contributed by atoms with Crippen molar-refractivity contribution in [3.8, 4) is 0 Å². The summed E-state index contributed by atoms with van der Waals surface area (Å²) in [4.78, 5) is 229. The molecule has 12 N–H and O–H groups in total. The van der Waals surface area contributed by atoms with Gasteiger partial charge in [-0.05, 0) is 112 Å². The molecular formula is C75H124N16O18. The molecule has 34 nitrogen and oxygen atoms in total. The molecule has 0 spiro atoms. The number of aromatic amines is 1. The van der Waals surface area contributed by atoms with Gasteiger partial charge in [-0.2, -0.15) is 0 Å². The Bertz CT molecular complexity index is 3560. The first-order valence-electron chi connectivity index (χ1n) is 37.5. The topological polar surface area (TPSA) is 466 Å². The Labute approximate surface area is 640 Å². The van der Waals surface area contributed by atoms with Crippen LogP contribution in [0.5, 0.6) is 0 Å². The van der Waals surface area contributed by atoms with Crippen LogP contribution in [0, 0.1) is 41.4 Å². The molecule has 14 unspecified atom stereocenters. The second-order valence-electron chi connectivity index (χ2n) is 31.5. The molecule has 0 aliphatic carbocycles. The highest BCUT2D eigenvalue weighted by Crippen LogP contribution is 2.27. The van der Waals surface area contributed by atoms with Crippen molar-refractivity contribution in [2.24, 2.45) is 47.2 Å². The first-order valence-corrected chi connectivity index (χ1v) is 37.5. The molecule has 1 saturated heterocycles. The van der Waals surface area contributed by atoms with Crippen LogP contribution in [0.3, 0.4) is 0 Å². The zero-order valence-electron chi connectivity index (χ0n) is 68.0. The molecule has 109 heavy (non-hydrogen) atoms. The third kappa shape index (κ3) is 25.9. The predicted octanol–water partition coefficient (Wildman–Crippen LogP) is 0.347. The van der Waals surface area contributed by atoms with Gasteiger partial charge in [0.05, 0.1) is 30.3 Å². The zero-order chi connectivity index (χ0) is 83.4. The van der Waals surface area contributed by atoms with E-state index in [4.69, 9.17) is 10.8 Å². The lowest BCUT2D eigenvalue weighted by molar-refractivity contribution is -0.157. The molecule has 1 fully saturated rings. The fourth-order valence-corrected chi connectivity index (χ4v) is 13.2. The number of likely N-dealkylation sites (N-methyl/N-ethyl adjacent to an activating group) is 7. The van der Waals surface area contributed by atoms with Gasteiger partial charge in [-0.25, -0.2) is 4.98 Å². The average molecular weight is 1540 g/mol. The van der Waals surface area contributed by atoms with Gasteiger partial charge in [0.25, 0.3) is 5.91 Å². The number of amides is 14. The number of rotatable bonds is 24. The summed E-state index contributed by atoms with van der Waals surface area (Å²) in [6, 6.07) is -12.3. The molecule has 1 aromatic heterocycles. The van der Waals surface area contributed by atoms with Crippen molar-refractivity contribution in [2.45, 2.75) is 241 Å². The number of hydrogen-bond acceptors (Lipinski definition) is 18. The Morgan fingerprint density at radius 1 is 0.560 bits per heavy atom. The van der Waals surface area contributed by atoms with Crippen molar-refractivity contribution < 1.29 is 87.2 Å². The van der Waals surface area contributed by atoms with Crippen LogP contribution in [0.15, 0.2) is 18.2 Å². The highest BCUT2D eigenvalue weighted by atomic mass is 16.4. The molecule has 14 amide bonds. The van der Waals surface area contributed by atoms with E-state index in [0.29, 0.717) is 5.52 Å². The minimum atomic E-state index is -1.87. The first-order chi connectivity index (χ1) is 50.5. The first kappa shape index (κ1) is 93.9. The maximum Gasteiger partial charge on any atom is 0.303 e. The number of carbonyl (C=O) groups is 15. The summed E-state index contributed by atoms with van der Waals surface area (Å²) < 4.78 is 0. The molecule has 1 aliphatic heterocycles. The third-order valence-electron chi connectivity index (χ3n) is 19.8. The van der Waals surface area contributed by atoms with Gasteiger partial charge in [0.2, 0.25) is 76.8 Å². The number of benzene rings is 1. The van der Waals surface area contributed by atoms with E-state index in [-0.39, 0.29) is 85.5 Å². The summed E-state index contributed by atoms with van der Waals surface area (Å²) in [6.45, 7) is 25.7. The summed E-state index contributed by atoms with van der Waals surface area (Å²) in [5.41, 5.74) is 5.90. The fourth-order valence-electron chi connectivity index (χ4n) is 13.2. The number of primary amides is 1. The number of aromatic nitrogens is 2. The van der Waals surface area contributed by atoms with E-state index in [2.05, 4.69) is 41.9 Å². The molecule has 1 aromatic carbocycles. The van der Waals surface area contributed by atoms with Crippen molar-refractivity contribution in [2.75, 3.05) is 62.5 Å². The van der Waals surface area contributed by atoms with Crippen molar-refractivity contribution >= 4 is 99.7 Å². The van der Waals surface area contributed by atoms with Crippen LogP contribution in [0.25, 0.3) is 11.0 Å². The quantitative estimate of drug-likeness (QED) is 0.0675. The van der Waals surface area contributed by atoms with E-state index >= 15 is 19.2 Å². The Kier molecular flexibility index (Phi) is 36.2. The van der Waals surface area contributed by atoms with E-state index < -0.39 is 205 Å². The number of hydrogen-bond donors (Lipinski definition) is 11. The summed E-state index contributed by atoms with van der Waals surface area (Å²) in [7, 11) is 9.52. The van der Waals surface area contributed by atoms with E-state index in [1.165, 1.54) is 101 Å². The Hall–Kier alpha value is -9.34. The van der Waals surface area contributed by atoms with Gasteiger partial charge >= 0.3 is 5.97 Å². The maximum atomic E-state index is 15.6. The van der Waals surface area contributed by atoms with Crippen LogP contribution in [-0.2, 0) is 73.5 Å². The Morgan fingerprint density at radius 2 is 1.05 bits per heavy atom. The standard InChI is InChI=1S/C75H124N16O18/c1-24-47-71(105)85(17)35-57(93)86(18)52(29-37(2)3)68(102)84-59(41(10)11)74(108)87(19)53(30-38(4)5)67(101)77-44(15)64(98)78-45(16)70(104)88(20)54(31-39(6)7)72(106)89(21)55(32-40(8)9)73(107)90(22)60(42(12)13)75(109)91(23)61(69(103)81-47)62(96)43(14)33-56-79-48-26-25-46(34-50(48)80-56)65(99)83-51(36-92)66(100)82-49(63(76)97)27-28-58(94)95/h25-26,34,37-45,47,49,51-55,59-62,92,96H,24,27-33,35-36H2,1-23H3,(H2,76,97)(H,77,101)(H,78,98)(H,79,80)(H,81,103)(H,82,100)(H,83,99)(H,84,102)(H,94,95). The van der Waals surface area contributed by atoms with E-state index in [1.807, 2.05) is 55.4 Å². The minimum absolute atomic E-state index is 0.0382. The minimum Gasteiger partial charge on any atom is -0.481 e. The number of nitrogens with two attached hydrogens (primary N) is 1. The highest BCUT2D eigenvalue weighted by Gasteiger charge is 2.46. The second-order valence-corrected chi connectivity index (χ2v) is 31.5. The largest absolute Gasteiger partial charge is 0.481 e. The van der Waals surface area contributed by atoms with E-state index in [0.717, 1.165) is 14.7 Å². The van der Waals surface area contributed by atoms with Crippen molar-refractivity contribution in [1.82, 2.24) is 76.2 Å². The Morgan fingerprint density at radius 3 is 1.54 bits per heavy atom. The Balaban J connectivity index is 2.31. The number of aliphatic hydroxyl groups excluding tert-OH is 2. The number of imidazole rings is 1. The highest BCUT2D eigenvalue weighted by molar-refractivity contribution is 6.02. The van der Waals surface area contributed by atoms with Gasteiger partial charge in [-0.1, -0.05) is 96.9 Å². The molecule has 1 aliphatic rings. The molecule has 2 aromatic rings. The van der Waals surface area contributed by atoms with Crippen molar-refractivity contribution in [3.05, 3.63) is 29.6 Å². The summed E-state index contributed by atoms with van der Waals surface area (Å²) in [5.74, 6) is -15.5. The maximum absolute atomic E-state index is 15.6. The molecular weight excluding hydrogens is 1410 g/mol. The molecule has 0 radical (unpaired) electrons. The molecule has 14 atom stereocenters. The summed E-state index contributed by atoms with van der Waals surface area (Å²) in [5, 5.41) is 47.4. The number of carboxylic acid groups (broad SMARTS) is 1. The smallest absolute Gasteiger partial charge is 0.303 e. The van der Waals surface area contributed by atoms with Crippen LogP contribution in [-0.4, -0.2) is 289 Å². The average Bonchev–Trinajstić information content (AvgIpc) is 1.79. The molecule has 34 heteroatoms. The lowest BCUT2D eigenvalue weighted by atomic mass is 9.91.